The maximum atomic E-state index is 2.54. The van der Waals surface area contributed by atoms with Crippen molar-refractivity contribution < 1.29 is 0 Å². The summed E-state index contributed by atoms with van der Waals surface area (Å²) < 4.78 is 0. The van der Waals surface area contributed by atoms with Gasteiger partial charge in [0.15, 0.2) is 0 Å². The van der Waals surface area contributed by atoms with Gasteiger partial charge in [0.2, 0.25) is 0 Å². The van der Waals surface area contributed by atoms with Crippen LogP contribution in [0.2, 0.25) is 0 Å². The number of fused-ring (bicyclic) bond motifs is 3. The van der Waals surface area contributed by atoms with Crippen LogP contribution >= 0.6 is 17.0 Å². The lowest BCUT2D eigenvalue weighted by atomic mass is 10.2. The van der Waals surface area contributed by atoms with Gasteiger partial charge >= 0.3 is 0 Å². The SMILES string of the molecule is Br.C1CN2CCN1CC2. The number of halogens is 1. The Bertz CT molecular complexity index is 66.0. The Morgan fingerprint density at radius 3 is 0.889 bits per heavy atom. The van der Waals surface area contributed by atoms with E-state index in [0.29, 0.717) is 0 Å². The topological polar surface area (TPSA) is 6.48 Å². The Kier molecular flexibility index (Phi) is 2.50. The maximum Gasteiger partial charge on any atom is 0.0110 e. The van der Waals surface area contributed by atoms with Gasteiger partial charge in [-0.3, -0.25) is 9.80 Å². The van der Waals surface area contributed by atoms with Crippen LogP contribution in [0.3, 0.4) is 0 Å². The fraction of sp³-hybridized carbons (Fsp3) is 1.00. The second kappa shape index (κ2) is 2.99. The smallest absolute Gasteiger partial charge is 0.0110 e. The molecule has 3 fully saturated rings. The molecular formula is C6H13BrN2. The summed E-state index contributed by atoms with van der Waals surface area (Å²) in [4.78, 5) is 5.08. The molecule has 2 nitrogen and oxygen atoms in total. The molecule has 3 heterocycles. The predicted octanol–water partition coefficient (Wildman–Crippen LogP) is 0.196. The largest absolute Gasteiger partial charge is 0.300 e. The average molecular weight is 193 g/mol. The van der Waals surface area contributed by atoms with Crippen molar-refractivity contribution in [2.45, 2.75) is 0 Å². The second-order valence-electron chi connectivity index (χ2n) is 2.68. The number of nitrogens with zero attached hydrogens (tertiary/aromatic N) is 2. The van der Waals surface area contributed by atoms with Crippen molar-refractivity contribution in [1.82, 2.24) is 9.80 Å². The lowest BCUT2D eigenvalue weighted by Crippen LogP contribution is -2.55. The van der Waals surface area contributed by atoms with E-state index >= 15 is 0 Å². The van der Waals surface area contributed by atoms with Gasteiger partial charge in [-0.15, -0.1) is 17.0 Å². The minimum atomic E-state index is 0. The van der Waals surface area contributed by atoms with Gasteiger partial charge in [-0.1, -0.05) is 0 Å². The van der Waals surface area contributed by atoms with E-state index in [4.69, 9.17) is 0 Å². The van der Waals surface area contributed by atoms with Gasteiger partial charge in [-0.25, -0.2) is 0 Å². The highest BCUT2D eigenvalue weighted by molar-refractivity contribution is 8.93. The molecule has 0 saturated carbocycles. The first-order chi connectivity index (χ1) is 3.95. The zero-order chi connectivity index (χ0) is 5.40. The van der Waals surface area contributed by atoms with Crippen LogP contribution in [0.1, 0.15) is 0 Å². The van der Waals surface area contributed by atoms with Crippen molar-refractivity contribution in [2.24, 2.45) is 0 Å². The minimum absolute atomic E-state index is 0. The summed E-state index contributed by atoms with van der Waals surface area (Å²) in [6.07, 6.45) is 0. The van der Waals surface area contributed by atoms with Crippen LogP contribution in [0.5, 0.6) is 0 Å². The third-order valence-corrected chi connectivity index (χ3v) is 2.20. The Balaban J connectivity index is 0.000000405. The Morgan fingerprint density at radius 2 is 0.778 bits per heavy atom. The predicted molar refractivity (Wildman–Crippen MR) is 43.2 cm³/mol. The Hall–Kier alpha value is 0.400. The van der Waals surface area contributed by atoms with Gasteiger partial charge < -0.3 is 0 Å². The van der Waals surface area contributed by atoms with Gasteiger partial charge in [0, 0.05) is 39.3 Å². The second-order valence-corrected chi connectivity index (χ2v) is 2.68. The molecule has 0 aromatic heterocycles. The Morgan fingerprint density at radius 1 is 0.556 bits per heavy atom. The highest BCUT2D eigenvalue weighted by atomic mass is 79.9. The highest BCUT2D eigenvalue weighted by Crippen LogP contribution is 2.06. The molecule has 9 heavy (non-hydrogen) atoms. The Labute approximate surface area is 66.6 Å². The molecule has 3 aliphatic rings. The standard InChI is InChI=1S/C6H12N2.BrH/c1-2-8-5-3-7(1)4-6-8;/h1-6H2;1H. The summed E-state index contributed by atoms with van der Waals surface area (Å²) >= 11 is 0. The molecule has 0 atom stereocenters. The van der Waals surface area contributed by atoms with E-state index in [1.165, 1.54) is 39.3 Å². The van der Waals surface area contributed by atoms with Crippen molar-refractivity contribution in [3.05, 3.63) is 0 Å². The van der Waals surface area contributed by atoms with Crippen molar-refractivity contribution >= 4 is 17.0 Å². The molecule has 0 radical (unpaired) electrons. The zero-order valence-electron chi connectivity index (χ0n) is 5.55. The molecule has 0 aromatic carbocycles. The number of hydrogen-bond donors (Lipinski definition) is 0. The van der Waals surface area contributed by atoms with Crippen LogP contribution in [0, 0.1) is 0 Å². The molecule has 2 bridgehead atoms. The van der Waals surface area contributed by atoms with Crippen molar-refractivity contribution in [3.63, 3.8) is 0 Å². The molecule has 54 valence electrons. The molecule has 3 heteroatoms. The average Bonchev–Trinajstić information content (AvgIpc) is 1.92. The minimum Gasteiger partial charge on any atom is -0.300 e. The molecule has 0 amide bonds. The first-order valence-corrected chi connectivity index (χ1v) is 3.40. The van der Waals surface area contributed by atoms with Crippen LogP contribution in [-0.4, -0.2) is 49.1 Å². The van der Waals surface area contributed by atoms with E-state index in [0.717, 1.165) is 0 Å². The molecule has 0 unspecified atom stereocenters. The van der Waals surface area contributed by atoms with Gasteiger partial charge in [-0.05, 0) is 0 Å². The summed E-state index contributed by atoms with van der Waals surface area (Å²) in [6.45, 7) is 7.92. The maximum absolute atomic E-state index is 2.54. The molecule has 3 aliphatic heterocycles. The third kappa shape index (κ3) is 1.45. The first-order valence-electron chi connectivity index (χ1n) is 3.40. The quantitative estimate of drug-likeness (QED) is 0.542. The normalized spacial score (nSPS) is 40.0. The van der Waals surface area contributed by atoms with Crippen LogP contribution < -0.4 is 0 Å². The van der Waals surface area contributed by atoms with Crippen molar-refractivity contribution in [1.29, 1.82) is 0 Å². The van der Waals surface area contributed by atoms with E-state index in [9.17, 15) is 0 Å². The molecule has 3 saturated heterocycles. The molecule has 0 N–H and O–H groups in total. The fourth-order valence-corrected chi connectivity index (χ4v) is 1.52. The molecular weight excluding hydrogens is 180 g/mol. The molecule has 0 aromatic rings. The lowest BCUT2D eigenvalue weighted by Gasteiger charge is -2.41. The van der Waals surface area contributed by atoms with Gasteiger partial charge in [0.1, 0.15) is 0 Å². The summed E-state index contributed by atoms with van der Waals surface area (Å²) in [7, 11) is 0. The lowest BCUT2D eigenvalue weighted by molar-refractivity contribution is 0.0647. The summed E-state index contributed by atoms with van der Waals surface area (Å²) in [5, 5.41) is 0. The number of hydrogen-bond acceptors (Lipinski definition) is 2. The van der Waals surface area contributed by atoms with E-state index in [1.807, 2.05) is 0 Å². The van der Waals surface area contributed by atoms with Crippen LogP contribution in [0.25, 0.3) is 0 Å². The van der Waals surface area contributed by atoms with Crippen molar-refractivity contribution in [2.75, 3.05) is 39.3 Å². The van der Waals surface area contributed by atoms with E-state index in [2.05, 4.69) is 9.80 Å². The van der Waals surface area contributed by atoms with E-state index < -0.39 is 0 Å². The summed E-state index contributed by atoms with van der Waals surface area (Å²) in [6, 6.07) is 0. The summed E-state index contributed by atoms with van der Waals surface area (Å²) in [5.41, 5.74) is 0. The zero-order valence-corrected chi connectivity index (χ0v) is 7.26. The molecule has 0 aliphatic carbocycles. The van der Waals surface area contributed by atoms with Crippen LogP contribution in [0.4, 0.5) is 0 Å². The van der Waals surface area contributed by atoms with Crippen molar-refractivity contribution in [3.8, 4) is 0 Å². The van der Waals surface area contributed by atoms with Crippen LogP contribution in [-0.2, 0) is 0 Å². The fourth-order valence-electron chi connectivity index (χ4n) is 1.52. The van der Waals surface area contributed by atoms with Crippen LogP contribution in [0.15, 0.2) is 0 Å². The van der Waals surface area contributed by atoms with E-state index in [-0.39, 0.29) is 17.0 Å². The first kappa shape index (κ1) is 7.51. The number of piperazine rings is 3. The molecule has 3 rings (SSSR count). The van der Waals surface area contributed by atoms with Gasteiger partial charge in [-0.2, -0.15) is 0 Å². The monoisotopic (exact) mass is 192 g/mol. The number of rotatable bonds is 0. The van der Waals surface area contributed by atoms with Gasteiger partial charge in [0.25, 0.3) is 0 Å². The highest BCUT2D eigenvalue weighted by Gasteiger charge is 2.21. The third-order valence-electron chi connectivity index (χ3n) is 2.20. The van der Waals surface area contributed by atoms with Gasteiger partial charge in [0.05, 0.1) is 0 Å². The van der Waals surface area contributed by atoms with E-state index in [1.54, 1.807) is 0 Å². The molecule has 0 spiro atoms. The summed E-state index contributed by atoms with van der Waals surface area (Å²) in [5.74, 6) is 0.